The van der Waals surface area contributed by atoms with Gasteiger partial charge in [0.15, 0.2) is 0 Å². The van der Waals surface area contributed by atoms with E-state index in [1.165, 1.54) is 21.4 Å². The van der Waals surface area contributed by atoms with Crippen LogP contribution in [0.2, 0.25) is 10.0 Å². The first-order chi connectivity index (χ1) is 11.1. The van der Waals surface area contributed by atoms with Crippen LogP contribution in [0.5, 0.6) is 0 Å². The molecule has 0 saturated carbocycles. The van der Waals surface area contributed by atoms with Gasteiger partial charge in [-0.25, -0.2) is 9.36 Å². The summed E-state index contributed by atoms with van der Waals surface area (Å²) in [5, 5.41) is 1.72. The van der Waals surface area contributed by atoms with Crippen LogP contribution in [0.15, 0.2) is 23.0 Å². The third kappa shape index (κ3) is 2.35. The number of aromatic nitrogens is 2. The molecule has 0 fully saturated rings. The highest BCUT2D eigenvalue weighted by atomic mass is 35.5. The fraction of sp³-hybridized carbons (Fsp3) is 0.250. The van der Waals surface area contributed by atoms with Gasteiger partial charge in [-0.15, -0.1) is 11.3 Å². The Morgan fingerprint density at radius 3 is 2.74 bits per heavy atom. The first kappa shape index (κ1) is 15.0. The van der Waals surface area contributed by atoms with E-state index in [0.717, 1.165) is 29.5 Å². The molecule has 23 heavy (non-hydrogen) atoms. The second-order valence-corrected chi connectivity index (χ2v) is 7.50. The van der Waals surface area contributed by atoms with Gasteiger partial charge >= 0.3 is 5.69 Å². The number of nitrogens with two attached hydrogens (primary N) is 1. The van der Waals surface area contributed by atoms with E-state index in [2.05, 4.69) is 4.98 Å². The van der Waals surface area contributed by atoms with E-state index in [9.17, 15) is 4.79 Å². The molecule has 7 heteroatoms. The van der Waals surface area contributed by atoms with Crippen molar-refractivity contribution in [2.75, 3.05) is 5.73 Å². The van der Waals surface area contributed by atoms with E-state index < -0.39 is 5.69 Å². The third-order valence-corrected chi connectivity index (χ3v) is 6.12. The minimum atomic E-state index is -0.396. The van der Waals surface area contributed by atoms with Crippen molar-refractivity contribution in [3.8, 4) is 5.69 Å². The lowest BCUT2D eigenvalue weighted by atomic mass is 9.97. The van der Waals surface area contributed by atoms with Gasteiger partial charge in [-0.2, -0.15) is 4.98 Å². The normalized spacial score (nSPS) is 14.2. The molecule has 4 nitrogen and oxygen atoms in total. The Balaban J connectivity index is 2.03. The fourth-order valence-corrected chi connectivity index (χ4v) is 4.67. The molecule has 0 radical (unpaired) electrons. The molecule has 1 aliphatic rings. The van der Waals surface area contributed by atoms with Gasteiger partial charge in [0.1, 0.15) is 10.6 Å². The van der Waals surface area contributed by atoms with Crippen molar-refractivity contribution in [1.82, 2.24) is 9.55 Å². The van der Waals surface area contributed by atoms with Gasteiger partial charge in [0, 0.05) is 4.88 Å². The summed E-state index contributed by atoms with van der Waals surface area (Å²) in [6.45, 7) is 0. The van der Waals surface area contributed by atoms with Crippen molar-refractivity contribution in [3.05, 3.63) is 49.2 Å². The van der Waals surface area contributed by atoms with Crippen LogP contribution in [-0.2, 0) is 12.8 Å². The predicted molar refractivity (Wildman–Crippen MR) is 96.3 cm³/mol. The zero-order valence-corrected chi connectivity index (χ0v) is 14.4. The van der Waals surface area contributed by atoms with Gasteiger partial charge in [0.05, 0.1) is 21.1 Å². The number of aryl methyl sites for hydroxylation is 2. The molecule has 4 rings (SSSR count). The summed E-state index contributed by atoms with van der Waals surface area (Å²) in [6, 6.07) is 5.00. The molecule has 0 amide bonds. The summed E-state index contributed by atoms with van der Waals surface area (Å²) in [4.78, 5) is 18.7. The zero-order valence-electron chi connectivity index (χ0n) is 12.1. The molecule has 1 aromatic carbocycles. The summed E-state index contributed by atoms with van der Waals surface area (Å²) >= 11 is 13.6. The van der Waals surface area contributed by atoms with E-state index in [1.807, 2.05) is 0 Å². The van der Waals surface area contributed by atoms with Crippen LogP contribution in [0.1, 0.15) is 23.3 Å². The molecule has 0 atom stereocenters. The maximum Gasteiger partial charge on any atom is 0.355 e. The fourth-order valence-electron chi connectivity index (χ4n) is 3.12. The van der Waals surface area contributed by atoms with Gasteiger partial charge < -0.3 is 5.73 Å². The number of benzene rings is 1. The van der Waals surface area contributed by atoms with E-state index in [1.54, 1.807) is 29.5 Å². The first-order valence-electron chi connectivity index (χ1n) is 7.34. The summed E-state index contributed by atoms with van der Waals surface area (Å²) < 4.78 is 1.41. The Bertz CT molecular complexity index is 993. The highest BCUT2D eigenvalue weighted by Crippen LogP contribution is 2.38. The number of hydrogen-bond donors (Lipinski definition) is 1. The Morgan fingerprint density at radius 2 is 1.96 bits per heavy atom. The van der Waals surface area contributed by atoms with Gasteiger partial charge in [0.25, 0.3) is 0 Å². The molecule has 2 aromatic heterocycles. The van der Waals surface area contributed by atoms with Gasteiger partial charge in [-0.1, -0.05) is 23.2 Å². The quantitative estimate of drug-likeness (QED) is 0.702. The third-order valence-electron chi connectivity index (χ3n) is 4.20. The number of nitrogens with zero attached hydrogens (tertiary/aromatic N) is 2. The largest absolute Gasteiger partial charge is 0.384 e. The molecule has 0 spiro atoms. The predicted octanol–water partition coefficient (Wildman–Crippen LogP) is 4.22. The van der Waals surface area contributed by atoms with E-state index in [0.29, 0.717) is 21.6 Å². The van der Waals surface area contributed by atoms with E-state index >= 15 is 0 Å². The SMILES string of the molecule is Nc1c2c3c(sc2nc(=O)n1-c1ccc(Cl)c(Cl)c1)CCCC3. The average Bonchev–Trinajstić information content (AvgIpc) is 2.88. The molecule has 0 aliphatic heterocycles. The maximum absolute atomic E-state index is 12.5. The lowest BCUT2D eigenvalue weighted by Gasteiger charge is -2.14. The number of thiophene rings is 1. The van der Waals surface area contributed by atoms with Crippen molar-refractivity contribution in [2.45, 2.75) is 25.7 Å². The molecule has 0 unspecified atom stereocenters. The lowest BCUT2D eigenvalue weighted by Crippen LogP contribution is -2.24. The van der Waals surface area contributed by atoms with Crippen LogP contribution in [0.25, 0.3) is 15.9 Å². The highest BCUT2D eigenvalue weighted by molar-refractivity contribution is 7.19. The first-order valence-corrected chi connectivity index (χ1v) is 8.91. The number of halogens is 2. The smallest absolute Gasteiger partial charge is 0.355 e. The standard InChI is InChI=1S/C16H13Cl2N3OS/c17-10-6-5-8(7-11(10)18)21-14(19)13-9-3-1-2-4-12(9)23-15(13)20-16(21)22/h5-7H,1-4,19H2. The highest BCUT2D eigenvalue weighted by Gasteiger charge is 2.21. The minimum absolute atomic E-state index is 0.378. The molecule has 1 aliphatic carbocycles. The van der Waals surface area contributed by atoms with Crippen molar-refractivity contribution in [3.63, 3.8) is 0 Å². The average molecular weight is 366 g/mol. The van der Waals surface area contributed by atoms with Crippen LogP contribution in [0.3, 0.4) is 0 Å². The van der Waals surface area contributed by atoms with E-state index in [4.69, 9.17) is 28.9 Å². The van der Waals surface area contributed by atoms with Crippen molar-refractivity contribution in [2.24, 2.45) is 0 Å². The van der Waals surface area contributed by atoms with Crippen LogP contribution in [-0.4, -0.2) is 9.55 Å². The number of hydrogen-bond acceptors (Lipinski definition) is 4. The molecule has 3 aromatic rings. The topological polar surface area (TPSA) is 60.9 Å². The molecular formula is C16H13Cl2N3OS. The minimum Gasteiger partial charge on any atom is -0.384 e. The maximum atomic E-state index is 12.5. The van der Waals surface area contributed by atoms with E-state index in [-0.39, 0.29) is 0 Å². The van der Waals surface area contributed by atoms with Crippen molar-refractivity contribution in [1.29, 1.82) is 0 Å². The van der Waals surface area contributed by atoms with Gasteiger partial charge in [0.2, 0.25) is 0 Å². The number of rotatable bonds is 1. The van der Waals surface area contributed by atoms with Crippen LogP contribution in [0.4, 0.5) is 5.82 Å². The number of anilines is 1. The Kier molecular flexibility index (Phi) is 3.59. The second-order valence-electron chi connectivity index (χ2n) is 5.60. The Morgan fingerprint density at radius 1 is 1.17 bits per heavy atom. The van der Waals surface area contributed by atoms with Gasteiger partial charge in [-0.05, 0) is 49.4 Å². The summed E-state index contributed by atoms with van der Waals surface area (Å²) in [5.74, 6) is 0.429. The van der Waals surface area contributed by atoms with Crippen molar-refractivity contribution < 1.29 is 0 Å². The molecular weight excluding hydrogens is 353 g/mol. The molecule has 0 bridgehead atoms. The summed E-state index contributed by atoms with van der Waals surface area (Å²) in [7, 11) is 0. The molecule has 2 N–H and O–H groups in total. The Labute approximate surface area is 146 Å². The zero-order chi connectivity index (χ0) is 16.1. The Hall–Kier alpha value is -1.56. The molecule has 0 saturated heterocycles. The van der Waals surface area contributed by atoms with Crippen molar-refractivity contribution >= 4 is 50.6 Å². The van der Waals surface area contributed by atoms with Crippen LogP contribution >= 0.6 is 34.5 Å². The monoisotopic (exact) mass is 365 g/mol. The lowest BCUT2D eigenvalue weighted by molar-refractivity contribution is 0.700. The summed E-state index contributed by atoms with van der Waals surface area (Å²) in [6.07, 6.45) is 4.35. The number of nitrogen functional groups attached to an aromatic ring is 1. The van der Waals surface area contributed by atoms with Gasteiger partial charge in [-0.3, -0.25) is 0 Å². The summed E-state index contributed by atoms with van der Waals surface area (Å²) in [5.41, 5.74) is 7.79. The van der Waals surface area contributed by atoms with Crippen LogP contribution in [0, 0.1) is 0 Å². The number of fused-ring (bicyclic) bond motifs is 3. The molecule has 2 heterocycles. The van der Waals surface area contributed by atoms with Crippen LogP contribution < -0.4 is 11.4 Å². The second kappa shape index (κ2) is 5.51. The molecule has 118 valence electrons.